The van der Waals surface area contributed by atoms with Crippen molar-refractivity contribution in [1.29, 1.82) is 0 Å². The highest BCUT2D eigenvalue weighted by molar-refractivity contribution is 7.11. The van der Waals surface area contributed by atoms with E-state index < -0.39 is 0 Å². The van der Waals surface area contributed by atoms with Gasteiger partial charge in [0.15, 0.2) is 0 Å². The number of hydrogen-bond acceptors (Lipinski definition) is 6. The molecular formula is C15H33N3O2S. The minimum absolute atomic E-state index is 0.319. The second-order valence-corrected chi connectivity index (χ2v) is 5.32. The highest BCUT2D eigenvalue weighted by Crippen LogP contribution is 2.07. The molecule has 0 aliphatic heterocycles. The van der Waals surface area contributed by atoms with Crippen molar-refractivity contribution in [2.24, 2.45) is 10.9 Å². The highest BCUT2D eigenvalue weighted by Gasteiger charge is 1.86. The fourth-order valence-electron chi connectivity index (χ4n) is 0.617. The van der Waals surface area contributed by atoms with E-state index >= 15 is 0 Å². The Morgan fingerprint density at radius 2 is 1.86 bits per heavy atom. The number of aryl methyl sites for hydroxylation is 2. The first-order valence-electron chi connectivity index (χ1n) is 7.28. The maximum absolute atomic E-state index is 7.88. The predicted molar refractivity (Wildman–Crippen MR) is 94.1 cm³/mol. The molecule has 0 saturated carbocycles. The van der Waals surface area contributed by atoms with Gasteiger partial charge in [0.25, 0.3) is 0 Å². The Labute approximate surface area is 134 Å². The fraction of sp³-hybridized carbons (Fsp3) is 0.733. The lowest BCUT2D eigenvalue weighted by Crippen LogP contribution is -1.93. The lowest BCUT2D eigenvalue weighted by molar-refractivity contribution is 0.214. The lowest BCUT2D eigenvalue weighted by Gasteiger charge is -1.78. The Kier molecular flexibility index (Phi) is 28.7. The quantitative estimate of drug-likeness (QED) is 0.657. The van der Waals surface area contributed by atoms with E-state index in [0.29, 0.717) is 6.61 Å². The van der Waals surface area contributed by atoms with Gasteiger partial charge in [-0.3, -0.25) is 0 Å². The number of nitrogens with two attached hydrogens (primary N) is 1. The Morgan fingerprint density at radius 3 is 1.95 bits per heavy atom. The van der Waals surface area contributed by atoms with Gasteiger partial charge in [0, 0.05) is 23.9 Å². The maximum Gasteiger partial charge on any atom is 0.106 e. The van der Waals surface area contributed by atoms with E-state index in [4.69, 9.17) is 10.8 Å². The number of aliphatic hydroxyl groups is 1. The Hall–Kier alpha value is -0.980. The molecule has 0 fully saturated rings. The first-order chi connectivity index (χ1) is 10.0. The van der Waals surface area contributed by atoms with Crippen LogP contribution in [-0.4, -0.2) is 36.6 Å². The molecule has 0 aliphatic carbocycles. The summed E-state index contributed by atoms with van der Waals surface area (Å²) in [5.41, 5.74) is 5.03. The van der Waals surface area contributed by atoms with Gasteiger partial charge in [-0.25, -0.2) is 4.98 Å². The van der Waals surface area contributed by atoms with Gasteiger partial charge in [0.1, 0.15) is 7.11 Å². The molecule has 3 N–H and O–H groups in total. The van der Waals surface area contributed by atoms with Crippen LogP contribution in [0.1, 0.15) is 49.9 Å². The third-order valence-electron chi connectivity index (χ3n) is 1.61. The molecule has 0 aliphatic rings. The van der Waals surface area contributed by atoms with E-state index in [0.717, 1.165) is 30.8 Å². The molecule has 0 saturated heterocycles. The summed E-state index contributed by atoms with van der Waals surface area (Å²) in [5, 5.41) is 12.5. The van der Waals surface area contributed by atoms with Crippen molar-refractivity contribution in [3.8, 4) is 0 Å². The van der Waals surface area contributed by atoms with Crippen molar-refractivity contribution in [2.75, 3.05) is 20.3 Å². The largest absolute Gasteiger partial charge is 0.399 e. The molecule has 5 nitrogen and oxygen atoms in total. The fourth-order valence-corrected chi connectivity index (χ4v) is 1.29. The molecule has 0 radical (unpaired) electrons. The number of rotatable bonds is 4. The van der Waals surface area contributed by atoms with Crippen LogP contribution in [0.4, 0.5) is 0 Å². The van der Waals surface area contributed by atoms with Gasteiger partial charge in [0.05, 0.1) is 5.01 Å². The van der Waals surface area contributed by atoms with E-state index in [1.165, 1.54) is 12.0 Å². The van der Waals surface area contributed by atoms with Crippen LogP contribution in [0.3, 0.4) is 0 Å². The first kappa shape index (κ1) is 25.0. The van der Waals surface area contributed by atoms with Crippen LogP contribution in [0.15, 0.2) is 11.4 Å². The predicted octanol–water partition coefficient (Wildman–Crippen LogP) is 3.53. The summed E-state index contributed by atoms with van der Waals surface area (Å²) < 4.78 is 0. The van der Waals surface area contributed by atoms with Crippen molar-refractivity contribution in [3.63, 3.8) is 0 Å². The number of hydrogen-bond donors (Lipinski definition) is 2. The van der Waals surface area contributed by atoms with Crippen LogP contribution in [0, 0.1) is 13.8 Å². The second-order valence-electron chi connectivity index (χ2n) is 3.88. The van der Waals surface area contributed by atoms with Gasteiger partial charge < -0.3 is 15.7 Å². The molecule has 6 heteroatoms. The van der Waals surface area contributed by atoms with Crippen molar-refractivity contribution >= 4 is 17.6 Å². The third kappa shape index (κ3) is 32.5. The summed E-state index contributed by atoms with van der Waals surface area (Å²) >= 11 is 1.73. The summed E-state index contributed by atoms with van der Waals surface area (Å²) in [6.45, 7) is 11.2. The summed E-state index contributed by atoms with van der Waals surface area (Å²) in [7, 11) is 1.53. The summed E-state index contributed by atoms with van der Waals surface area (Å²) in [5.74, 6) is 0. The van der Waals surface area contributed by atoms with E-state index in [9.17, 15) is 0 Å². The molecule has 0 spiro atoms. The normalized spacial score (nSPS) is 8.76. The van der Waals surface area contributed by atoms with Crippen LogP contribution in [0.2, 0.25) is 0 Å². The lowest BCUT2D eigenvalue weighted by atomic mass is 10.5. The molecule has 0 unspecified atom stereocenters. The number of nitrogens with zero attached hydrogens (tertiary/aromatic N) is 2. The zero-order chi connectivity index (χ0) is 16.9. The summed E-state index contributed by atoms with van der Waals surface area (Å²) in [6.07, 6.45) is 6.51. The van der Waals surface area contributed by atoms with E-state index in [-0.39, 0.29) is 0 Å². The Bertz CT molecular complexity index is 274. The molecule has 0 aromatic carbocycles. The molecule has 126 valence electrons. The zero-order valence-electron chi connectivity index (χ0n) is 14.4. The van der Waals surface area contributed by atoms with Crippen molar-refractivity contribution in [3.05, 3.63) is 16.1 Å². The van der Waals surface area contributed by atoms with Gasteiger partial charge in [-0.05, 0) is 39.7 Å². The first-order valence-corrected chi connectivity index (χ1v) is 8.10. The monoisotopic (exact) mass is 319 g/mol. The number of aliphatic hydroxyl groups excluding tert-OH is 1. The SMILES string of the molecule is CCC=NOC.CCCN.CCCO.Cc1cnc(C)s1. The highest BCUT2D eigenvalue weighted by atomic mass is 32.1. The average molecular weight is 320 g/mol. The molecule has 0 bridgehead atoms. The molecule has 21 heavy (non-hydrogen) atoms. The number of aromatic nitrogens is 1. The molecule has 1 rings (SSSR count). The van der Waals surface area contributed by atoms with E-state index in [2.05, 4.69) is 28.8 Å². The Morgan fingerprint density at radius 1 is 1.33 bits per heavy atom. The van der Waals surface area contributed by atoms with Crippen LogP contribution >= 0.6 is 11.3 Å². The smallest absolute Gasteiger partial charge is 0.106 e. The molecule has 1 heterocycles. The zero-order valence-corrected chi connectivity index (χ0v) is 15.2. The van der Waals surface area contributed by atoms with Crippen molar-refractivity contribution in [1.82, 2.24) is 4.98 Å². The topological polar surface area (TPSA) is 80.7 Å². The maximum atomic E-state index is 7.88. The van der Waals surface area contributed by atoms with E-state index in [1.54, 1.807) is 17.6 Å². The number of thiazole rings is 1. The Balaban J connectivity index is -0.000000214. The van der Waals surface area contributed by atoms with Gasteiger partial charge in [0.2, 0.25) is 0 Å². The second kappa shape index (κ2) is 24.1. The van der Waals surface area contributed by atoms with Crippen LogP contribution in [0.25, 0.3) is 0 Å². The molecular weight excluding hydrogens is 286 g/mol. The minimum atomic E-state index is 0.319. The van der Waals surface area contributed by atoms with Crippen LogP contribution in [-0.2, 0) is 4.84 Å². The summed E-state index contributed by atoms with van der Waals surface area (Å²) in [4.78, 5) is 9.68. The van der Waals surface area contributed by atoms with Gasteiger partial charge in [-0.2, -0.15) is 0 Å². The molecule has 1 aromatic rings. The molecule has 1 aromatic heterocycles. The van der Waals surface area contributed by atoms with Crippen molar-refractivity contribution in [2.45, 2.75) is 53.9 Å². The third-order valence-corrected chi connectivity index (χ3v) is 2.44. The van der Waals surface area contributed by atoms with Crippen LogP contribution in [0.5, 0.6) is 0 Å². The summed E-state index contributed by atoms with van der Waals surface area (Å²) in [6, 6.07) is 0. The molecule has 0 atom stereocenters. The van der Waals surface area contributed by atoms with Crippen LogP contribution < -0.4 is 5.73 Å². The standard InChI is InChI=1S/C5H7NS.C4H9NO.C3H9N.C3H8O/c1-4-3-6-5(2)7-4;1-3-4-5-6-2;2*1-2-3-4/h3H,1-2H3;4H,3H2,1-2H3;2-4H2,1H3;4H,2-3H2,1H3. The van der Waals surface area contributed by atoms with Gasteiger partial charge >= 0.3 is 0 Å². The van der Waals surface area contributed by atoms with Gasteiger partial charge in [-0.1, -0.05) is 25.9 Å². The molecule has 0 amide bonds. The minimum Gasteiger partial charge on any atom is -0.399 e. The van der Waals surface area contributed by atoms with E-state index in [1.807, 2.05) is 27.0 Å². The average Bonchev–Trinajstić information content (AvgIpc) is 2.89. The number of oxime groups is 1. The van der Waals surface area contributed by atoms with Crippen molar-refractivity contribution < 1.29 is 9.94 Å². The van der Waals surface area contributed by atoms with Gasteiger partial charge in [-0.15, -0.1) is 11.3 Å².